The van der Waals surface area contributed by atoms with E-state index in [-0.39, 0.29) is 35.7 Å². The number of alkyl halides is 3. The molecule has 1 aliphatic heterocycles. The number of halogens is 4. The van der Waals surface area contributed by atoms with Crippen LogP contribution in [0.25, 0.3) is 5.69 Å². The molecule has 2 heterocycles. The highest BCUT2D eigenvalue weighted by molar-refractivity contribution is 7.90. The van der Waals surface area contributed by atoms with E-state index in [2.05, 4.69) is 10.4 Å². The lowest BCUT2D eigenvalue weighted by atomic mass is 9.82. The van der Waals surface area contributed by atoms with Crippen LogP contribution in [0.15, 0.2) is 36.4 Å². The minimum atomic E-state index is -4.50. The summed E-state index contributed by atoms with van der Waals surface area (Å²) in [6.45, 7) is -0.0911. The van der Waals surface area contributed by atoms with Crippen molar-refractivity contribution in [3.05, 3.63) is 75.9 Å². The van der Waals surface area contributed by atoms with Crippen LogP contribution in [0.3, 0.4) is 0 Å². The van der Waals surface area contributed by atoms with Gasteiger partial charge >= 0.3 is 6.18 Å². The van der Waals surface area contributed by atoms with Crippen molar-refractivity contribution in [1.29, 1.82) is 0 Å². The van der Waals surface area contributed by atoms with Crippen molar-refractivity contribution in [3.63, 3.8) is 0 Å². The molecule has 15 heteroatoms. The molecule has 0 saturated heterocycles. The van der Waals surface area contributed by atoms with E-state index in [9.17, 15) is 35.6 Å². The number of nitrogens with one attached hydrogen (secondary N) is 2. The van der Waals surface area contributed by atoms with Gasteiger partial charge in [0.1, 0.15) is 17.3 Å². The molecule has 0 unspecified atom stereocenters. The van der Waals surface area contributed by atoms with Crippen LogP contribution in [0.2, 0.25) is 0 Å². The number of sulfonamides is 1. The molecule has 1 aromatic heterocycles. The maximum atomic E-state index is 14.5. The largest absolute Gasteiger partial charge is 0.484 e. The molecule has 1 spiro atoms. The number of hydrogen-bond acceptors (Lipinski definition) is 7. The average Bonchev–Trinajstić information content (AvgIpc) is 3.46. The Hall–Kier alpha value is -3.98. The number of hydrogen-bond donors (Lipinski definition) is 2. The molecule has 5 rings (SSSR count). The summed E-state index contributed by atoms with van der Waals surface area (Å²) in [5.74, 6) is -2.93. The predicted molar refractivity (Wildman–Crippen MR) is 141 cm³/mol. The summed E-state index contributed by atoms with van der Waals surface area (Å²) < 4.78 is 90.0. The van der Waals surface area contributed by atoms with Crippen molar-refractivity contribution in [2.75, 3.05) is 26.1 Å². The van der Waals surface area contributed by atoms with Crippen molar-refractivity contribution in [2.45, 2.75) is 37.9 Å². The fourth-order valence-corrected chi connectivity index (χ4v) is 6.14. The van der Waals surface area contributed by atoms with Gasteiger partial charge in [-0.2, -0.15) is 18.3 Å². The molecule has 0 bridgehead atoms. The number of fused-ring (bicyclic) bond motifs is 3. The predicted octanol–water partition coefficient (Wildman–Crippen LogP) is 3.09. The molecular formula is C27H26F4N4O6S. The Morgan fingerprint density at radius 3 is 2.67 bits per heavy atom. The standard InChI is InChI=1S/C27H26F4N4O6S/c1-15-3-4-17(12-20(15)28)35-23(25(37)34-42(38,39)10-9-40-2)22-21(33-35)13-26(32-24(22)36)8-7-16-11-18(5-6-19(16)26)41-14-27(29,30)31/h3-6,11-12H,7-10,13-14H2,1-2H3,(H,32,36)(H,34,37)/t26-/m0/s1. The first-order chi connectivity index (χ1) is 19.7. The van der Waals surface area contributed by atoms with E-state index in [1.165, 1.54) is 38.3 Å². The molecule has 0 saturated carbocycles. The Balaban J connectivity index is 1.55. The van der Waals surface area contributed by atoms with Gasteiger partial charge in [0.05, 0.1) is 34.8 Å². The molecule has 0 fully saturated rings. The van der Waals surface area contributed by atoms with Gasteiger partial charge in [0.25, 0.3) is 11.8 Å². The van der Waals surface area contributed by atoms with Crippen LogP contribution >= 0.6 is 0 Å². The third kappa shape index (κ3) is 5.70. The summed E-state index contributed by atoms with van der Waals surface area (Å²) in [7, 11) is -2.86. The van der Waals surface area contributed by atoms with Gasteiger partial charge in [-0.3, -0.25) is 9.59 Å². The Bertz CT molecular complexity index is 1690. The Morgan fingerprint density at radius 1 is 1.21 bits per heavy atom. The second-order valence-electron chi connectivity index (χ2n) is 10.2. The van der Waals surface area contributed by atoms with Gasteiger partial charge in [-0.1, -0.05) is 12.1 Å². The second-order valence-corrected chi connectivity index (χ2v) is 12.0. The van der Waals surface area contributed by atoms with Crippen molar-refractivity contribution in [1.82, 2.24) is 19.8 Å². The molecule has 1 aliphatic carbocycles. The number of benzene rings is 2. The zero-order chi connectivity index (χ0) is 30.4. The summed E-state index contributed by atoms with van der Waals surface area (Å²) in [6, 6.07) is 8.52. The van der Waals surface area contributed by atoms with Gasteiger partial charge in [-0.05, 0) is 60.7 Å². The lowest BCUT2D eigenvalue weighted by Crippen LogP contribution is -2.50. The first-order valence-electron chi connectivity index (χ1n) is 12.8. The zero-order valence-corrected chi connectivity index (χ0v) is 23.3. The van der Waals surface area contributed by atoms with Crippen LogP contribution < -0.4 is 14.8 Å². The summed E-state index contributed by atoms with van der Waals surface area (Å²) >= 11 is 0. The SMILES string of the molecule is COCCS(=O)(=O)NC(=O)c1c2c(nn1-c1ccc(C)c(F)c1)C[C@]1(CCc3cc(OCC(F)(F)F)ccc31)NC2=O. The van der Waals surface area contributed by atoms with Crippen molar-refractivity contribution in [3.8, 4) is 11.4 Å². The normalized spacial score (nSPS) is 18.0. The van der Waals surface area contributed by atoms with E-state index in [0.29, 0.717) is 29.5 Å². The highest BCUT2D eigenvalue weighted by Crippen LogP contribution is 2.44. The number of aryl methyl sites for hydroxylation is 2. The van der Waals surface area contributed by atoms with Crippen LogP contribution in [0.1, 0.15) is 49.7 Å². The van der Waals surface area contributed by atoms with Gasteiger partial charge in [0.15, 0.2) is 6.61 Å². The number of nitrogens with zero attached hydrogens (tertiary/aromatic N) is 2. The monoisotopic (exact) mass is 610 g/mol. The Morgan fingerprint density at radius 2 is 1.98 bits per heavy atom. The third-order valence-electron chi connectivity index (χ3n) is 7.24. The minimum Gasteiger partial charge on any atom is -0.484 e. The van der Waals surface area contributed by atoms with E-state index in [1.54, 1.807) is 6.07 Å². The molecule has 3 aromatic rings. The highest BCUT2D eigenvalue weighted by Gasteiger charge is 2.47. The molecule has 10 nitrogen and oxygen atoms in total. The van der Waals surface area contributed by atoms with Crippen LogP contribution in [0, 0.1) is 12.7 Å². The molecule has 1 atom stereocenters. The summed E-state index contributed by atoms with van der Waals surface area (Å²) in [5, 5.41) is 7.40. The van der Waals surface area contributed by atoms with Crippen molar-refractivity contribution in [2.24, 2.45) is 0 Å². The fraction of sp³-hybridized carbons (Fsp3) is 0.370. The summed E-state index contributed by atoms with van der Waals surface area (Å²) in [5.41, 5.74) is 0.372. The smallest absolute Gasteiger partial charge is 0.422 e. The summed E-state index contributed by atoms with van der Waals surface area (Å²) in [4.78, 5) is 27.0. The van der Waals surface area contributed by atoms with Crippen molar-refractivity contribution >= 4 is 21.8 Å². The van der Waals surface area contributed by atoms with E-state index >= 15 is 0 Å². The lowest BCUT2D eigenvalue weighted by molar-refractivity contribution is -0.153. The Kier molecular flexibility index (Phi) is 7.51. The van der Waals surface area contributed by atoms with Crippen LogP contribution in [-0.2, 0) is 33.1 Å². The molecule has 42 heavy (non-hydrogen) atoms. The molecule has 224 valence electrons. The van der Waals surface area contributed by atoms with Gasteiger partial charge in [-0.15, -0.1) is 0 Å². The van der Waals surface area contributed by atoms with Crippen LogP contribution in [-0.4, -0.2) is 62.3 Å². The second kappa shape index (κ2) is 10.7. The van der Waals surface area contributed by atoms with Crippen LogP contribution in [0.4, 0.5) is 17.6 Å². The Labute approximate surface area is 238 Å². The van der Waals surface area contributed by atoms with E-state index in [0.717, 1.165) is 10.7 Å². The van der Waals surface area contributed by atoms with Gasteiger partial charge in [0, 0.05) is 13.5 Å². The molecular weight excluding hydrogens is 584 g/mol. The molecule has 2 aliphatic rings. The molecule has 2 aromatic carbocycles. The van der Waals surface area contributed by atoms with Crippen LogP contribution in [0.5, 0.6) is 5.75 Å². The maximum Gasteiger partial charge on any atom is 0.422 e. The zero-order valence-electron chi connectivity index (χ0n) is 22.5. The third-order valence-corrected chi connectivity index (χ3v) is 8.44. The highest BCUT2D eigenvalue weighted by atomic mass is 32.2. The van der Waals surface area contributed by atoms with E-state index in [4.69, 9.17) is 9.47 Å². The number of methoxy groups -OCH3 is 1. The topological polar surface area (TPSA) is 129 Å². The fourth-order valence-electron chi connectivity index (χ4n) is 5.27. The first-order valence-corrected chi connectivity index (χ1v) is 14.4. The first kappa shape index (κ1) is 29.5. The van der Waals surface area contributed by atoms with Gasteiger partial charge in [-0.25, -0.2) is 22.2 Å². The molecule has 2 amide bonds. The number of carbonyl (C=O) groups excluding carboxylic acids is 2. The molecule has 0 radical (unpaired) electrons. The maximum absolute atomic E-state index is 14.5. The van der Waals surface area contributed by atoms with Crippen molar-refractivity contribution < 1.29 is 45.0 Å². The summed E-state index contributed by atoms with van der Waals surface area (Å²) in [6.07, 6.45) is -3.61. The number of aromatic nitrogens is 2. The average molecular weight is 611 g/mol. The quantitative estimate of drug-likeness (QED) is 0.375. The minimum absolute atomic E-state index is 0.0327. The number of rotatable bonds is 8. The van der Waals surface area contributed by atoms with E-state index < -0.39 is 57.4 Å². The lowest BCUT2D eigenvalue weighted by Gasteiger charge is -2.35. The number of carbonyl (C=O) groups is 2. The van der Waals surface area contributed by atoms with Gasteiger partial charge in [0.2, 0.25) is 10.0 Å². The van der Waals surface area contributed by atoms with Gasteiger partial charge < -0.3 is 14.8 Å². The number of ether oxygens (including phenoxy) is 2. The molecule has 2 N–H and O–H groups in total. The van der Waals surface area contributed by atoms with E-state index in [1.807, 2.05) is 4.72 Å². The number of amides is 2.